The highest BCUT2D eigenvalue weighted by atomic mass is 79.9. The summed E-state index contributed by atoms with van der Waals surface area (Å²) in [5, 5.41) is 13.7. The molecule has 5 rings (SSSR count). The maximum atomic E-state index is 12.7. The molecule has 0 saturated carbocycles. The number of rotatable bonds is 7. The standard InChI is InChI=1S/C28H22BrClN2O3S/c29-19-12-18(26(25(30)13-19)36-27-17(15-33)6-5-11-31-27)14-32-28(34)35-16-24-22-9-3-1-7-20(22)21-8-2-4-10-23(21)24/h1-13,24,33H,14-16H2,(H,32,34). The molecule has 0 unspecified atom stereocenters. The zero-order valence-corrected chi connectivity index (χ0v) is 22.2. The van der Waals surface area contributed by atoms with Gasteiger partial charge in [-0.3, -0.25) is 0 Å². The number of hydrogen-bond acceptors (Lipinski definition) is 5. The molecule has 1 aliphatic carbocycles. The number of carbonyl (C=O) groups is 1. The fraction of sp³-hybridized carbons (Fsp3) is 0.143. The minimum atomic E-state index is -0.502. The van der Waals surface area contributed by atoms with E-state index in [4.69, 9.17) is 16.3 Å². The van der Waals surface area contributed by atoms with Crippen molar-refractivity contribution in [3.8, 4) is 11.1 Å². The lowest BCUT2D eigenvalue weighted by Crippen LogP contribution is -2.26. The van der Waals surface area contributed by atoms with E-state index in [0.29, 0.717) is 15.6 Å². The van der Waals surface area contributed by atoms with Gasteiger partial charge >= 0.3 is 6.09 Å². The van der Waals surface area contributed by atoms with Crippen LogP contribution in [0.4, 0.5) is 4.79 Å². The van der Waals surface area contributed by atoms with E-state index >= 15 is 0 Å². The zero-order chi connectivity index (χ0) is 25.1. The van der Waals surface area contributed by atoms with Gasteiger partial charge in [0.2, 0.25) is 0 Å². The SMILES string of the molecule is O=C(NCc1cc(Br)cc(Cl)c1Sc1ncccc1CO)OCC1c2ccccc2-c2ccccc21. The molecular weight excluding hydrogens is 560 g/mol. The van der Waals surface area contributed by atoms with Crippen LogP contribution in [0.5, 0.6) is 0 Å². The molecule has 0 fully saturated rings. The average Bonchev–Trinajstić information content (AvgIpc) is 3.22. The van der Waals surface area contributed by atoms with Gasteiger partial charge < -0.3 is 15.2 Å². The van der Waals surface area contributed by atoms with Crippen molar-refractivity contribution in [2.24, 2.45) is 0 Å². The summed E-state index contributed by atoms with van der Waals surface area (Å²) < 4.78 is 6.47. The van der Waals surface area contributed by atoms with E-state index in [1.165, 1.54) is 34.0 Å². The third kappa shape index (κ3) is 5.15. The molecule has 182 valence electrons. The second kappa shape index (κ2) is 11.0. The Balaban J connectivity index is 1.28. The van der Waals surface area contributed by atoms with Gasteiger partial charge in [0.1, 0.15) is 11.6 Å². The van der Waals surface area contributed by atoms with Crippen LogP contribution in [0.25, 0.3) is 11.1 Å². The number of ether oxygens (including phenoxy) is 1. The summed E-state index contributed by atoms with van der Waals surface area (Å²) in [6.45, 7) is 0.339. The van der Waals surface area contributed by atoms with Gasteiger partial charge in [0.05, 0.1) is 11.6 Å². The third-order valence-corrected chi connectivity index (χ3v) is 8.19. The van der Waals surface area contributed by atoms with Crippen LogP contribution in [0.15, 0.2) is 93.4 Å². The largest absolute Gasteiger partial charge is 0.449 e. The smallest absolute Gasteiger partial charge is 0.407 e. The van der Waals surface area contributed by atoms with Crippen molar-refractivity contribution in [1.29, 1.82) is 0 Å². The molecular formula is C28H22BrClN2O3S. The van der Waals surface area contributed by atoms with Gasteiger partial charge in [-0.2, -0.15) is 0 Å². The van der Waals surface area contributed by atoms with Crippen LogP contribution in [0, 0.1) is 0 Å². The topological polar surface area (TPSA) is 71.5 Å². The summed E-state index contributed by atoms with van der Waals surface area (Å²) in [6.07, 6.45) is 1.17. The maximum Gasteiger partial charge on any atom is 0.407 e. The van der Waals surface area contributed by atoms with Crippen LogP contribution in [0.3, 0.4) is 0 Å². The van der Waals surface area contributed by atoms with E-state index in [2.05, 4.69) is 50.5 Å². The van der Waals surface area contributed by atoms with Gasteiger partial charge in [0, 0.05) is 33.6 Å². The van der Waals surface area contributed by atoms with Crippen molar-refractivity contribution in [1.82, 2.24) is 10.3 Å². The molecule has 1 aliphatic rings. The van der Waals surface area contributed by atoms with Gasteiger partial charge in [0.25, 0.3) is 0 Å². The van der Waals surface area contributed by atoms with E-state index in [0.717, 1.165) is 14.9 Å². The summed E-state index contributed by atoms with van der Waals surface area (Å²) in [5.41, 5.74) is 6.21. The first-order chi connectivity index (χ1) is 17.5. The van der Waals surface area contributed by atoms with E-state index in [9.17, 15) is 9.90 Å². The lowest BCUT2D eigenvalue weighted by Gasteiger charge is -2.16. The van der Waals surface area contributed by atoms with E-state index in [1.54, 1.807) is 18.3 Å². The molecule has 0 bridgehead atoms. The number of aromatic nitrogens is 1. The Labute approximate surface area is 227 Å². The normalized spacial score (nSPS) is 12.2. The van der Waals surface area contributed by atoms with Crippen LogP contribution in [-0.4, -0.2) is 22.8 Å². The Morgan fingerprint density at radius 3 is 2.42 bits per heavy atom. The first kappa shape index (κ1) is 24.8. The fourth-order valence-corrected chi connectivity index (χ4v) is 6.39. The molecule has 5 nitrogen and oxygen atoms in total. The summed E-state index contributed by atoms with van der Waals surface area (Å²) in [4.78, 5) is 17.8. The quantitative estimate of drug-likeness (QED) is 0.242. The Morgan fingerprint density at radius 1 is 1.03 bits per heavy atom. The van der Waals surface area contributed by atoms with Crippen molar-refractivity contribution < 1.29 is 14.6 Å². The number of alkyl carbamates (subject to hydrolysis) is 1. The summed E-state index contributed by atoms with van der Waals surface area (Å²) in [7, 11) is 0. The molecule has 1 aromatic heterocycles. The van der Waals surface area contributed by atoms with Gasteiger partial charge in [-0.05, 0) is 46.0 Å². The van der Waals surface area contributed by atoms with Gasteiger partial charge in [-0.1, -0.05) is 93.9 Å². The highest BCUT2D eigenvalue weighted by Crippen LogP contribution is 2.44. The summed E-state index contributed by atoms with van der Waals surface area (Å²) in [5.74, 6) is -0.00404. The number of benzene rings is 3. The molecule has 0 radical (unpaired) electrons. The molecule has 0 saturated heterocycles. The van der Waals surface area contributed by atoms with Gasteiger partial charge in [-0.25, -0.2) is 9.78 Å². The maximum absolute atomic E-state index is 12.7. The Bertz CT molecular complexity index is 1390. The zero-order valence-electron chi connectivity index (χ0n) is 19.1. The predicted molar refractivity (Wildman–Crippen MR) is 145 cm³/mol. The van der Waals surface area contributed by atoms with Crippen LogP contribution in [0.2, 0.25) is 5.02 Å². The molecule has 2 N–H and O–H groups in total. The fourth-order valence-electron chi connectivity index (χ4n) is 4.41. The second-order valence-corrected chi connectivity index (χ2v) is 10.6. The van der Waals surface area contributed by atoms with Crippen LogP contribution < -0.4 is 5.32 Å². The molecule has 4 aromatic rings. The minimum absolute atomic E-state index is 0.00404. The first-order valence-electron chi connectivity index (χ1n) is 11.3. The molecule has 8 heteroatoms. The average molecular weight is 582 g/mol. The monoisotopic (exact) mass is 580 g/mol. The molecule has 0 atom stereocenters. The van der Waals surface area contributed by atoms with E-state index in [1.807, 2.05) is 36.4 Å². The van der Waals surface area contributed by atoms with Crippen LogP contribution >= 0.6 is 39.3 Å². The second-order valence-electron chi connectivity index (χ2n) is 8.28. The molecule has 3 aromatic carbocycles. The lowest BCUT2D eigenvalue weighted by molar-refractivity contribution is 0.142. The van der Waals surface area contributed by atoms with Crippen LogP contribution in [-0.2, 0) is 17.9 Å². The summed E-state index contributed by atoms with van der Waals surface area (Å²) >= 11 is 11.4. The number of aliphatic hydroxyl groups is 1. The number of amides is 1. The van der Waals surface area contributed by atoms with Crippen molar-refractivity contribution in [3.63, 3.8) is 0 Å². The molecule has 1 heterocycles. The van der Waals surface area contributed by atoms with Crippen molar-refractivity contribution in [3.05, 3.63) is 111 Å². The molecule has 1 amide bonds. The minimum Gasteiger partial charge on any atom is -0.449 e. The number of nitrogens with one attached hydrogen (secondary N) is 1. The molecule has 0 spiro atoms. The number of halogens is 2. The number of nitrogens with zero attached hydrogens (tertiary/aromatic N) is 1. The number of fused-ring (bicyclic) bond motifs is 3. The number of hydrogen-bond donors (Lipinski definition) is 2. The van der Waals surface area contributed by atoms with Crippen LogP contribution in [0.1, 0.15) is 28.2 Å². The Kier molecular flexibility index (Phi) is 7.62. The predicted octanol–water partition coefficient (Wildman–Crippen LogP) is 7.18. The van der Waals surface area contributed by atoms with Crippen molar-refractivity contribution in [2.45, 2.75) is 29.0 Å². The van der Waals surface area contributed by atoms with E-state index in [-0.39, 0.29) is 25.7 Å². The van der Waals surface area contributed by atoms with E-state index < -0.39 is 6.09 Å². The number of pyridine rings is 1. The van der Waals surface area contributed by atoms with Crippen molar-refractivity contribution in [2.75, 3.05) is 6.61 Å². The first-order valence-corrected chi connectivity index (χ1v) is 13.3. The lowest BCUT2D eigenvalue weighted by atomic mass is 9.98. The highest BCUT2D eigenvalue weighted by Gasteiger charge is 2.29. The Morgan fingerprint density at radius 2 is 1.72 bits per heavy atom. The number of aliphatic hydroxyl groups excluding tert-OH is 1. The molecule has 0 aliphatic heterocycles. The Hall–Kier alpha value is -2.84. The van der Waals surface area contributed by atoms with Gasteiger partial charge in [-0.15, -0.1) is 0 Å². The highest BCUT2D eigenvalue weighted by molar-refractivity contribution is 9.10. The molecule has 36 heavy (non-hydrogen) atoms. The third-order valence-electron chi connectivity index (χ3n) is 6.07. The van der Waals surface area contributed by atoms with Gasteiger partial charge in [0.15, 0.2) is 0 Å². The van der Waals surface area contributed by atoms with Crippen molar-refractivity contribution >= 4 is 45.4 Å². The number of carbonyl (C=O) groups excluding carboxylic acids is 1. The summed E-state index contributed by atoms with van der Waals surface area (Å²) in [6, 6.07) is 23.8.